The number of β-amino-alcohol motifs (C(OH)–C–C–N with tert-alkyl or cyclic N) is 1. The predicted octanol–water partition coefficient (Wildman–Crippen LogP) is 1.11. The molecule has 134 valence electrons. The highest BCUT2D eigenvalue weighted by Gasteiger charge is 2.36. The minimum absolute atomic E-state index is 0.0512. The molecule has 25 heavy (non-hydrogen) atoms. The molecule has 0 saturated carbocycles. The third-order valence-electron chi connectivity index (χ3n) is 4.80. The van der Waals surface area contributed by atoms with E-state index in [1.165, 1.54) is 0 Å². The number of aromatic amines is 1. The molecule has 1 fully saturated rings. The van der Waals surface area contributed by atoms with Crippen LogP contribution in [0, 0.1) is 13.8 Å². The second kappa shape index (κ2) is 7.23. The zero-order valence-corrected chi connectivity index (χ0v) is 14.7. The van der Waals surface area contributed by atoms with Crippen molar-refractivity contribution in [3.8, 4) is 0 Å². The minimum Gasteiger partial charge on any atom is -0.386 e. The topological polar surface area (TPSA) is 94.1 Å². The number of anilines is 1. The molecule has 0 unspecified atom stereocenters. The Bertz CT molecular complexity index is 711. The molecule has 1 saturated heterocycles. The van der Waals surface area contributed by atoms with E-state index in [1.807, 2.05) is 36.9 Å². The SMILES string of the molecule is Cc1n[nH]c(C)c1CCC(=O)NC[C@]1(O)CCN(c2ccccn2)C1. The van der Waals surface area contributed by atoms with Crippen molar-refractivity contribution in [3.63, 3.8) is 0 Å². The van der Waals surface area contributed by atoms with Gasteiger partial charge < -0.3 is 15.3 Å². The maximum Gasteiger partial charge on any atom is 0.220 e. The molecule has 7 nitrogen and oxygen atoms in total. The van der Waals surface area contributed by atoms with Gasteiger partial charge in [0.1, 0.15) is 11.4 Å². The number of nitrogens with zero attached hydrogens (tertiary/aromatic N) is 3. The Morgan fingerprint density at radius 1 is 1.44 bits per heavy atom. The van der Waals surface area contributed by atoms with E-state index in [-0.39, 0.29) is 12.5 Å². The number of hydrogen-bond donors (Lipinski definition) is 3. The summed E-state index contributed by atoms with van der Waals surface area (Å²) in [6.07, 6.45) is 3.40. The van der Waals surface area contributed by atoms with Gasteiger partial charge in [-0.3, -0.25) is 9.89 Å². The first-order chi connectivity index (χ1) is 12.0. The molecule has 0 aliphatic carbocycles. The van der Waals surface area contributed by atoms with E-state index in [0.717, 1.165) is 29.3 Å². The van der Waals surface area contributed by atoms with Crippen molar-refractivity contribution in [2.24, 2.45) is 0 Å². The summed E-state index contributed by atoms with van der Waals surface area (Å²) in [6.45, 7) is 5.37. The summed E-state index contributed by atoms with van der Waals surface area (Å²) < 4.78 is 0. The molecule has 0 spiro atoms. The highest BCUT2D eigenvalue weighted by molar-refractivity contribution is 5.76. The highest BCUT2D eigenvalue weighted by atomic mass is 16.3. The third kappa shape index (κ3) is 4.17. The lowest BCUT2D eigenvalue weighted by Crippen LogP contribution is -2.45. The standard InChI is InChI=1S/C18H25N5O2/c1-13-15(14(2)22-21-13)6-7-17(24)20-11-18(25)8-10-23(12-18)16-5-3-4-9-19-16/h3-5,9,25H,6-8,10-12H2,1-2H3,(H,20,24)(H,21,22)/t18-/m1/s1. The number of carbonyl (C=O) groups excluding carboxylic acids is 1. The summed E-state index contributed by atoms with van der Waals surface area (Å²) in [5.41, 5.74) is 2.13. The van der Waals surface area contributed by atoms with Crippen LogP contribution in [0.1, 0.15) is 29.8 Å². The molecule has 3 rings (SSSR count). The zero-order chi connectivity index (χ0) is 17.9. The molecule has 1 amide bonds. The Labute approximate surface area is 147 Å². The number of aryl methyl sites for hydroxylation is 2. The van der Waals surface area contributed by atoms with Crippen LogP contribution >= 0.6 is 0 Å². The maximum absolute atomic E-state index is 12.1. The first kappa shape index (κ1) is 17.4. The normalized spacial score (nSPS) is 20.0. The van der Waals surface area contributed by atoms with Crippen molar-refractivity contribution < 1.29 is 9.90 Å². The number of rotatable bonds is 6. The second-order valence-electron chi connectivity index (χ2n) is 6.77. The lowest BCUT2D eigenvalue weighted by Gasteiger charge is -2.24. The number of hydrogen-bond acceptors (Lipinski definition) is 5. The van der Waals surface area contributed by atoms with Crippen molar-refractivity contribution in [1.82, 2.24) is 20.5 Å². The fraction of sp³-hybridized carbons (Fsp3) is 0.500. The van der Waals surface area contributed by atoms with Gasteiger partial charge in [-0.15, -0.1) is 0 Å². The first-order valence-electron chi connectivity index (χ1n) is 8.62. The van der Waals surface area contributed by atoms with Crippen LogP contribution in [0.15, 0.2) is 24.4 Å². The summed E-state index contributed by atoms with van der Waals surface area (Å²) in [5.74, 6) is 0.806. The third-order valence-corrected chi connectivity index (χ3v) is 4.80. The van der Waals surface area contributed by atoms with E-state index in [4.69, 9.17) is 0 Å². The Hall–Kier alpha value is -2.41. The smallest absolute Gasteiger partial charge is 0.220 e. The quantitative estimate of drug-likeness (QED) is 0.730. The van der Waals surface area contributed by atoms with Gasteiger partial charge in [-0.2, -0.15) is 5.10 Å². The number of aliphatic hydroxyl groups is 1. The molecule has 7 heteroatoms. The molecule has 2 aromatic heterocycles. The number of nitrogens with one attached hydrogen (secondary N) is 2. The van der Waals surface area contributed by atoms with Crippen LogP contribution in [0.2, 0.25) is 0 Å². The van der Waals surface area contributed by atoms with Crippen LogP contribution in [-0.4, -0.2) is 51.4 Å². The van der Waals surface area contributed by atoms with Crippen molar-refractivity contribution in [2.45, 2.75) is 38.7 Å². The molecule has 3 N–H and O–H groups in total. The van der Waals surface area contributed by atoms with Gasteiger partial charge in [0, 0.05) is 37.9 Å². The Balaban J connectivity index is 1.47. The van der Waals surface area contributed by atoms with Gasteiger partial charge >= 0.3 is 0 Å². The van der Waals surface area contributed by atoms with Gasteiger partial charge in [-0.05, 0) is 44.4 Å². The summed E-state index contributed by atoms with van der Waals surface area (Å²) in [6, 6.07) is 5.73. The lowest BCUT2D eigenvalue weighted by atomic mass is 10.0. The van der Waals surface area contributed by atoms with Crippen molar-refractivity contribution in [2.75, 3.05) is 24.5 Å². The number of aromatic nitrogens is 3. The molecule has 3 heterocycles. The van der Waals surface area contributed by atoms with E-state index < -0.39 is 5.60 Å². The molecular formula is C18H25N5O2. The van der Waals surface area contributed by atoms with Crippen LogP contribution < -0.4 is 10.2 Å². The number of H-pyrrole nitrogens is 1. The minimum atomic E-state index is -0.908. The van der Waals surface area contributed by atoms with E-state index in [1.54, 1.807) is 6.20 Å². The summed E-state index contributed by atoms with van der Waals surface area (Å²) >= 11 is 0. The predicted molar refractivity (Wildman–Crippen MR) is 95.4 cm³/mol. The molecule has 2 aromatic rings. The largest absolute Gasteiger partial charge is 0.386 e. The van der Waals surface area contributed by atoms with Crippen molar-refractivity contribution in [1.29, 1.82) is 0 Å². The lowest BCUT2D eigenvalue weighted by molar-refractivity contribution is -0.122. The Kier molecular flexibility index (Phi) is 5.03. The summed E-state index contributed by atoms with van der Waals surface area (Å²) in [5, 5.41) is 20.7. The van der Waals surface area contributed by atoms with Gasteiger partial charge in [0.25, 0.3) is 0 Å². The molecule has 1 aliphatic heterocycles. The molecule has 1 atom stereocenters. The van der Waals surface area contributed by atoms with E-state index in [9.17, 15) is 9.90 Å². The van der Waals surface area contributed by atoms with Crippen molar-refractivity contribution >= 4 is 11.7 Å². The zero-order valence-electron chi connectivity index (χ0n) is 14.7. The van der Waals surface area contributed by atoms with Gasteiger partial charge in [0.05, 0.1) is 5.69 Å². The second-order valence-corrected chi connectivity index (χ2v) is 6.77. The number of amides is 1. The van der Waals surface area contributed by atoms with Crippen molar-refractivity contribution in [3.05, 3.63) is 41.3 Å². The van der Waals surface area contributed by atoms with E-state index in [2.05, 4.69) is 20.5 Å². The van der Waals surface area contributed by atoms with Gasteiger partial charge in [-0.1, -0.05) is 6.07 Å². The van der Waals surface area contributed by atoms with Crippen LogP contribution in [0.3, 0.4) is 0 Å². The monoisotopic (exact) mass is 343 g/mol. The average Bonchev–Trinajstić information content (AvgIpc) is 3.16. The van der Waals surface area contributed by atoms with Crippen LogP contribution in [0.5, 0.6) is 0 Å². The van der Waals surface area contributed by atoms with Crippen LogP contribution in [0.25, 0.3) is 0 Å². The first-order valence-corrected chi connectivity index (χ1v) is 8.62. The van der Waals surface area contributed by atoms with Gasteiger partial charge in [-0.25, -0.2) is 4.98 Å². The molecule has 0 aromatic carbocycles. The van der Waals surface area contributed by atoms with Crippen LogP contribution in [0.4, 0.5) is 5.82 Å². The number of pyridine rings is 1. The Morgan fingerprint density at radius 3 is 2.96 bits per heavy atom. The fourth-order valence-corrected chi connectivity index (χ4v) is 3.27. The van der Waals surface area contributed by atoms with Gasteiger partial charge in [0.2, 0.25) is 5.91 Å². The molecule has 0 bridgehead atoms. The fourth-order valence-electron chi connectivity index (χ4n) is 3.27. The van der Waals surface area contributed by atoms with E-state index in [0.29, 0.717) is 25.8 Å². The molecule has 0 radical (unpaired) electrons. The Morgan fingerprint density at radius 2 is 2.28 bits per heavy atom. The summed E-state index contributed by atoms with van der Waals surface area (Å²) in [7, 11) is 0. The molecular weight excluding hydrogens is 318 g/mol. The maximum atomic E-state index is 12.1. The van der Waals surface area contributed by atoms with E-state index >= 15 is 0 Å². The summed E-state index contributed by atoms with van der Waals surface area (Å²) in [4.78, 5) is 18.5. The molecule has 1 aliphatic rings. The van der Waals surface area contributed by atoms with Crippen LogP contribution in [-0.2, 0) is 11.2 Å². The average molecular weight is 343 g/mol. The highest BCUT2D eigenvalue weighted by Crippen LogP contribution is 2.24. The number of carbonyl (C=O) groups is 1. The van der Waals surface area contributed by atoms with Gasteiger partial charge in [0.15, 0.2) is 0 Å².